The summed E-state index contributed by atoms with van der Waals surface area (Å²) in [5.41, 5.74) is 1.15. The molecule has 6 heteroatoms. The van der Waals surface area contributed by atoms with Crippen LogP contribution < -0.4 is 10.6 Å². The number of carbonyl (C=O) groups excluding carboxylic acids is 1. The Labute approximate surface area is 124 Å². The van der Waals surface area contributed by atoms with Crippen molar-refractivity contribution in [3.05, 3.63) is 15.6 Å². The van der Waals surface area contributed by atoms with Crippen molar-refractivity contribution in [1.29, 1.82) is 0 Å². The summed E-state index contributed by atoms with van der Waals surface area (Å²) in [4.78, 5) is 19.4. The number of likely N-dealkylation sites (N-methyl/N-ethyl adjacent to an activating group) is 1. The molecular weight excluding hydrogens is 272 g/mol. The van der Waals surface area contributed by atoms with Crippen LogP contribution in [-0.2, 0) is 11.3 Å². The van der Waals surface area contributed by atoms with E-state index < -0.39 is 0 Å². The van der Waals surface area contributed by atoms with Gasteiger partial charge >= 0.3 is 0 Å². The summed E-state index contributed by atoms with van der Waals surface area (Å²) in [7, 11) is 1.69. The smallest absolute Gasteiger partial charge is 0.233 e. The largest absolute Gasteiger partial charge is 0.358 e. The summed E-state index contributed by atoms with van der Waals surface area (Å²) >= 11 is 1.78. The van der Waals surface area contributed by atoms with E-state index in [1.54, 1.807) is 18.4 Å². The summed E-state index contributed by atoms with van der Waals surface area (Å²) in [6.45, 7) is 7.55. The van der Waals surface area contributed by atoms with Crippen LogP contribution in [-0.4, -0.2) is 48.5 Å². The van der Waals surface area contributed by atoms with E-state index in [0.717, 1.165) is 43.2 Å². The normalized spacial score (nSPS) is 17.4. The van der Waals surface area contributed by atoms with E-state index in [4.69, 9.17) is 0 Å². The molecule has 1 aromatic rings. The highest BCUT2D eigenvalue weighted by atomic mass is 32.1. The first-order valence-electron chi connectivity index (χ1n) is 7.17. The molecule has 2 rings (SSSR count). The molecule has 112 valence electrons. The first-order chi connectivity index (χ1) is 9.58. The van der Waals surface area contributed by atoms with Gasteiger partial charge in [-0.05, 0) is 26.7 Å². The Morgan fingerprint density at radius 2 is 2.10 bits per heavy atom. The van der Waals surface area contributed by atoms with Crippen LogP contribution in [0.15, 0.2) is 0 Å². The summed E-state index contributed by atoms with van der Waals surface area (Å²) in [6, 6.07) is 0.553. The molecule has 1 saturated heterocycles. The molecule has 1 fully saturated rings. The Morgan fingerprint density at radius 3 is 2.65 bits per heavy atom. The Morgan fingerprint density at radius 1 is 1.40 bits per heavy atom. The zero-order valence-corrected chi connectivity index (χ0v) is 13.3. The van der Waals surface area contributed by atoms with Gasteiger partial charge in [0.25, 0.3) is 0 Å². The molecule has 1 amide bonds. The van der Waals surface area contributed by atoms with Gasteiger partial charge in [-0.1, -0.05) is 0 Å². The summed E-state index contributed by atoms with van der Waals surface area (Å²) in [5, 5.41) is 7.44. The van der Waals surface area contributed by atoms with Gasteiger partial charge in [-0.2, -0.15) is 0 Å². The van der Waals surface area contributed by atoms with E-state index >= 15 is 0 Å². The second kappa shape index (κ2) is 7.15. The molecule has 2 heterocycles. The van der Waals surface area contributed by atoms with Crippen LogP contribution in [0.1, 0.15) is 28.4 Å². The van der Waals surface area contributed by atoms with Crippen LogP contribution in [0.25, 0.3) is 0 Å². The molecule has 0 aromatic carbocycles. The number of piperidine rings is 1. The number of rotatable bonds is 5. The molecule has 1 aromatic heterocycles. The lowest BCUT2D eigenvalue weighted by Crippen LogP contribution is -2.45. The highest BCUT2D eigenvalue weighted by molar-refractivity contribution is 7.11. The molecule has 0 saturated carbocycles. The monoisotopic (exact) mass is 296 g/mol. The zero-order valence-electron chi connectivity index (χ0n) is 12.5. The van der Waals surface area contributed by atoms with Gasteiger partial charge in [0.15, 0.2) is 0 Å². The molecule has 0 spiro atoms. The van der Waals surface area contributed by atoms with Crippen molar-refractivity contribution in [3.63, 3.8) is 0 Å². The van der Waals surface area contributed by atoms with E-state index in [1.807, 2.05) is 0 Å². The molecule has 1 aliphatic heterocycles. The molecule has 5 nitrogen and oxygen atoms in total. The number of hydrogen-bond donors (Lipinski definition) is 2. The number of amides is 1. The van der Waals surface area contributed by atoms with Crippen LogP contribution in [0.5, 0.6) is 0 Å². The molecule has 1 aliphatic rings. The Kier molecular flexibility index (Phi) is 5.51. The SMILES string of the molecule is CNC(=O)CN1CCC(NCc2sc(C)nc2C)CC1. The minimum Gasteiger partial charge on any atom is -0.358 e. The number of aryl methyl sites for hydroxylation is 2. The fourth-order valence-corrected chi connectivity index (χ4v) is 3.44. The third-order valence-corrected chi connectivity index (χ3v) is 4.86. The van der Waals surface area contributed by atoms with Gasteiger partial charge < -0.3 is 10.6 Å². The Bertz CT molecular complexity index is 452. The predicted octanol–water partition coefficient (Wildman–Crippen LogP) is 1.06. The number of thiazole rings is 1. The first kappa shape index (κ1) is 15.4. The summed E-state index contributed by atoms with van der Waals surface area (Å²) in [5.74, 6) is 0.104. The first-order valence-corrected chi connectivity index (χ1v) is 7.99. The molecule has 2 N–H and O–H groups in total. The maximum absolute atomic E-state index is 11.3. The summed E-state index contributed by atoms with van der Waals surface area (Å²) < 4.78 is 0. The van der Waals surface area contributed by atoms with Crippen molar-refractivity contribution >= 4 is 17.2 Å². The third kappa shape index (κ3) is 4.26. The van der Waals surface area contributed by atoms with Crippen LogP contribution in [0.3, 0.4) is 0 Å². The lowest BCUT2D eigenvalue weighted by Gasteiger charge is -2.31. The minimum absolute atomic E-state index is 0.104. The second-order valence-corrected chi connectivity index (χ2v) is 6.63. The topological polar surface area (TPSA) is 57.3 Å². The molecule has 0 unspecified atom stereocenters. The van der Waals surface area contributed by atoms with Crippen molar-refractivity contribution in [2.75, 3.05) is 26.7 Å². The number of nitrogens with zero attached hydrogens (tertiary/aromatic N) is 2. The fraction of sp³-hybridized carbons (Fsp3) is 0.714. The maximum atomic E-state index is 11.3. The third-order valence-electron chi connectivity index (χ3n) is 3.78. The quantitative estimate of drug-likeness (QED) is 0.853. The number of aromatic nitrogens is 1. The van der Waals surface area contributed by atoms with E-state index in [2.05, 4.69) is 34.4 Å². The van der Waals surface area contributed by atoms with Gasteiger partial charge in [-0.25, -0.2) is 4.98 Å². The average Bonchev–Trinajstić information content (AvgIpc) is 2.76. The van der Waals surface area contributed by atoms with Gasteiger partial charge in [0.1, 0.15) is 0 Å². The molecule has 0 aliphatic carbocycles. The van der Waals surface area contributed by atoms with Gasteiger partial charge in [-0.15, -0.1) is 11.3 Å². The van der Waals surface area contributed by atoms with Gasteiger partial charge in [0, 0.05) is 37.6 Å². The van der Waals surface area contributed by atoms with Crippen molar-refractivity contribution < 1.29 is 4.79 Å². The van der Waals surface area contributed by atoms with Crippen molar-refractivity contribution in [1.82, 2.24) is 20.5 Å². The van der Waals surface area contributed by atoms with Crippen molar-refractivity contribution in [3.8, 4) is 0 Å². The Balaban J connectivity index is 1.72. The van der Waals surface area contributed by atoms with Crippen LogP contribution in [0, 0.1) is 13.8 Å². The standard InChI is InChI=1S/C14H24N4OS/c1-10-13(20-11(2)17-10)8-16-12-4-6-18(7-5-12)9-14(19)15-3/h12,16H,4-9H2,1-3H3,(H,15,19). The van der Waals surface area contributed by atoms with Gasteiger partial charge in [0.2, 0.25) is 5.91 Å². The fourth-order valence-electron chi connectivity index (χ4n) is 2.55. The molecule has 0 atom stereocenters. The maximum Gasteiger partial charge on any atom is 0.233 e. The molecule has 0 bridgehead atoms. The molecule has 0 radical (unpaired) electrons. The van der Waals surface area contributed by atoms with Crippen LogP contribution >= 0.6 is 11.3 Å². The van der Waals surface area contributed by atoms with Crippen LogP contribution in [0.4, 0.5) is 0 Å². The second-order valence-electron chi connectivity index (χ2n) is 5.35. The lowest BCUT2D eigenvalue weighted by atomic mass is 10.0. The Hall–Kier alpha value is -0.980. The van der Waals surface area contributed by atoms with E-state index in [1.165, 1.54) is 4.88 Å². The predicted molar refractivity (Wildman–Crippen MR) is 82.0 cm³/mol. The van der Waals surface area contributed by atoms with Gasteiger partial charge in [-0.3, -0.25) is 9.69 Å². The number of nitrogens with one attached hydrogen (secondary N) is 2. The average molecular weight is 296 g/mol. The van der Waals surface area contributed by atoms with Crippen molar-refractivity contribution in [2.24, 2.45) is 0 Å². The van der Waals surface area contributed by atoms with E-state index in [0.29, 0.717) is 12.6 Å². The van der Waals surface area contributed by atoms with Crippen LogP contribution in [0.2, 0.25) is 0 Å². The minimum atomic E-state index is 0.104. The molecule has 20 heavy (non-hydrogen) atoms. The van der Waals surface area contributed by atoms with E-state index in [-0.39, 0.29) is 5.91 Å². The lowest BCUT2D eigenvalue weighted by molar-refractivity contribution is -0.122. The highest BCUT2D eigenvalue weighted by Crippen LogP contribution is 2.18. The highest BCUT2D eigenvalue weighted by Gasteiger charge is 2.20. The molecular formula is C14H24N4OS. The van der Waals surface area contributed by atoms with Crippen molar-refractivity contribution in [2.45, 2.75) is 39.3 Å². The van der Waals surface area contributed by atoms with E-state index in [9.17, 15) is 4.79 Å². The number of hydrogen-bond acceptors (Lipinski definition) is 5. The zero-order chi connectivity index (χ0) is 14.5. The number of likely N-dealkylation sites (tertiary alicyclic amines) is 1. The summed E-state index contributed by atoms with van der Waals surface area (Å²) in [6.07, 6.45) is 2.21. The number of carbonyl (C=O) groups is 1. The van der Waals surface area contributed by atoms with Gasteiger partial charge in [0.05, 0.1) is 17.2 Å².